The lowest BCUT2D eigenvalue weighted by atomic mass is 9.97. The largest absolute Gasteiger partial charge is 0.405 e. The summed E-state index contributed by atoms with van der Waals surface area (Å²) in [6.07, 6.45) is 1.51. The van der Waals surface area contributed by atoms with E-state index in [9.17, 15) is 5.11 Å². The van der Waals surface area contributed by atoms with E-state index in [0.29, 0.717) is 33.0 Å². The maximum absolute atomic E-state index is 12.4. The predicted octanol–water partition coefficient (Wildman–Crippen LogP) is 7.96. The maximum Gasteiger partial charge on any atom is 0.261 e. The van der Waals surface area contributed by atoms with Gasteiger partial charge in [-0.25, -0.2) is 0 Å². The molecule has 2 fully saturated rings. The molecule has 0 amide bonds. The molecule has 10 atom stereocenters. The minimum Gasteiger partial charge on any atom is -0.405 e. The summed E-state index contributed by atoms with van der Waals surface area (Å²) in [4.78, 5) is 0. The molecule has 4 rings (SSSR count). The number of hydrogen-bond donors (Lipinski definition) is 1. The minimum absolute atomic E-state index is 0.175. The van der Waals surface area contributed by atoms with Gasteiger partial charge in [0.25, 0.3) is 8.32 Å². The Labute approximate surface area is 369 Å². The lowest BCUT2D eigenvalue weighted by molar-refractivity contribution is -0.387. The molecule has 1 N–H and O–H groups in total. The molecule has 5 unspecified atom stereocenters. The maximum atomic E-state index is 12.4. The number of rotatable bonds is 29. The van der Waals surface area contributed by atoms with Gasteiger partial charge in [-0.3, -0.25) is 0 Å². The van der Waals surface area contributed by atoms with Gasteiger partial charge in [-0.1, -0.05) is 148 Å². The van der Waals surface area contributed by atoms with E-state index in [-0.39, 0.29) is 18.3 Å². The molecule has 0 aromatic heterocycles. The zero-order valence-corrected chi connectivity index (χ0v) is 40.1. The molecule has 2 aromatic rings. The van der Waals surface area contributed by atoms with Gasteiger partial charge in [0.05, 0.1) is 13.2 Å². The number of methoxy groups -OCH3 is 1. The van der Waals surface area contributed by atoms with Crippen molar-refractivity contribution in [2.45, 2.75) is 186 Å². The number of hydrogen-bond acceptors (Lipinski definition) is 11. The molecule has 0 aliphatic carbocycles. The van der Waals surface area contributed by atoms with Crippen molar-refractivity contribution in [3.8, 4) is 0 Å². The molecular formula is C49H82O11Si. The molecule has 0 bridgehead atoms. The first-order valence-electron chi connectivity index (χ1n) is 23.6. The van der Waals surface area contributed by atoms with Crippen LogP contribution in [0.15, 0.2) is 60.7 Å². The SMILES string of the molecule is CCCCOC1C(OCCCC)[C@H](OCCCC)[C@@H](COC)O[C@@H]1O[C@H]1OC(CO[Si](c2ccccc2)(c2ccccc2)C(C)(C)C)[C@@H](OCCCC)C(OCCCC)C1O. The van der Waals surface area contributed by atoms with Gasteiger partial charge in [-0.05, 0) is 47.5 Å². The highest BCUT2D eigenvalue weighted by molar-refractivity contribution is 6.99. The van der Waals surface area contributed by atoms with Crippen molar-refractivity contribution < 1.29 is 52.2 Å². The van der Waals surface area contributed by atoms with Crippen molar-refractivity contribution >= 4 is 18.7 Å². The molecule has 2 saturated heterocycles. The Bertz CT molecular complexity index is 1370. The number of benzene rings is 2. The van der Waals surface area contributed by atoms with E-state index in [4.69, 9.17) is 47.1 Å². The quantitative estimate of drug-likeness (QED) is 0.0635. The van der Waals surface area contributed by atoms with E-state index in [1.807, 2.05) is 12.1 Å². The predicted molar refractivity (Wildman–Crippen MR) is 243 cm³/mol. The van der Waals surface area contributed by atoms with Gasteiger partial charge >= 0.3 is 0 Å². The second-order valence-electron chi connectivity index (χ2n) is 17.6. The highest BCUT2D eigenvalue weighted by Crippen LogP contribution is 2.39. The van der Waals surface area contributed by atoms with Gasteiger partial charge in [0, 0.05) is 40.1 Å². The van der Waals surface area contributed by atoms with Crippen LogP contribution in [0.4, 0.5) is 0 Å². The van der Waals surface area contributed by atoms with E-state index < -0.39 is 69.7 Å². The Kier molecular flexibility index (Phi) is 23.4. The zero-order chi connectivity index (χ0) is 44.1. The third kappa shape index (κ3) is 14.4. The van der Waals surface area contributed by atoms with Crippen LogP contribution < -0.4 is 10.4 Å². The van der Waals surface area contributed by atoms with Crippen LogP contribution in [0.1, 0.15) is 120 Å². The first-order valence-corrected chi connectivity index (χ1v) is 25.5. The van der Waals surface area contributed by atoms with Crippen LogP contribution in [0.3, 0.4) is 0 Å². The fourth-order valence-electron chi connectivity index (χ4n) is 8.31. The Morgan fingerprint density at radius 2 is 0.918 bits per heavy atom. The minimum atomic E-state index is -3.00. The molecule has 11 nitrogen and oxygen atoms in total. The number of aliphatic hydroxyl groups is 1. The number of unbranched alkanes of at least 4 members (excludes halogenated alkanes) is 5. The molecule has 12 heteroatoms. The molecule has 2 aliphatic rings. The summed E-state index contributed by atoms with van der Waals surface area (Å²) in [5.74, 6) is 0. The van der Waals surface area contributed by atoms with Gasteiger partial charge in [0.2, 0.25) is 0 Å². The van der Waals surface area contributed by atoms with E-state index in [2.05, 4.69) is 104 Å². The second-order valence-corrected chi connectivity index (χ2v) is 21.9. The highest BCUT2D eigenvalue weighted by atomic mass is 28.4. The van der Waals surface area contributed by atoms with Gasteiger partial charge < -0.3 is 52.2 Å². The summed E-state index contributed by atoms with van der Waals surface area (Å²) in [5, 5.41) is 14.4. The second kappa shape index (κ2) is 27.5. The number of ether oxygens (including phenoxy) is 9. The molecule has 0 saturated carbocycles. The highest BCUT2D eigenvalue weighted by Gasteiger charge is 2.55. The standard InChI is InChI=1S/C49H82O11Si/c1-10-15-30-52-42-40(36-57-61(49(6,7)8,37-26-22-20-23-27-37)38-28-24-21-25-29-38)58-47(41(50)44(42)54-32-17-12-3)60-48-46(56-34-19-14-5)45(55-33-18-13-4)43(53-31-16-11-2)39(59-48)35-51-9/h20-29,39-48,50H,10-19,30-36H2,1-9H3/t39-,40?,41?,42-,43-,44?,45?,46?,47-,48-/m1/s1. The summed E-state index contributed by atoms with van der Waals surface area (Å²) in [5.41, 5.74) is 0. The molecule has 348 valence electrons. The van der Waals surface area contributed by atoms with E-state index >= 15 is 0 Å². The van der Waals surface area contributed by atoms with Crippen LogP contribution in [0.5, 0.6) is 0 Å². The lowest BCUT2D eigenvalue weighted by Gasteiger charge is -2.50. The molecular weight excluding hydrogens is 793 g/mol. The average Bonchev–Trinajstić information content (AvgIpc) is 3.25. The third-order valence-corrected chi connectivity index (χ3v) is 16.7. The van der Waals surface area contributed by atoms with Crippen LogP contribution in [-0.4, -0.2) is 128 Å². The van der Waals surface area contributed by atoms with Crippen molar-refractivity contribution in [2.24, 2.45) is 0 Å². The van der Waals surface area contributed by atoms with E-state index in [0.717, 1.165) is 74.6 Å². The third-order valence-electron chi connectivity index (χ3n) is 11.7. The first-order chi connectivity index (χ1) is 29.6. The van der Waals surface area contributed by atoms with Crippen LogP contribution in [0.2, 0.25) is 5.04 Å². The van der Waals surface area contributed by atoms with Crippen molar-refractivity contribution in [3.63, 3.8) is 0 Å². The van der Waals surface area contributed by atoms with Crippen molar-refractivity contribution in [1.82, 2.24) is 0 Å². The summed E-state index contributed by atoms with van der Waals surface area (Å²) < 4.78 is 67.0. The Morgan fingerprint density at radius 3 is 1.36 bits per heavy atom. The Morgan fingerprint density at radius 1 is 0.525 bits per heavy atom. The van der Waals surface area contributed by atoms with Crippen LogP contribution in [-0.2, 0) is 47.1 Å². The van der Waals surface area contributed by atoms with Gasteiger partial charge in [-0.15, -0.1) is 0 Å². The van der Waals surface area contributed by atoms with E-state index in [1.54, 1.807) is 7.11 Å². The molecule has 0 spiro atoms. The summed E-state index contributed by atoms with van der Waals surface area (Å²) in [7, 11) is -1.35. The number of aliphatic hydroxyl groups excluding tert-OH is 1. The van der Waals surface area contributed by atoms with Gasteiger partial charge in [-0.2, -0.15) is 0 Å². The van der Waals surface area contributed by atoms with Crippen molar-refractivity contribution in [2.75, 3.05) is 53.4 Å². The summed E-state index contributed by atoms with van der Waals surface area (Å²) in [6, 6.07) is 21.1. The topological polar surface area (TPSA) is 113 Å². The fraction of sp³-hybridized carbons (Fsp3) is 0.755. The van der Waals surface area contributed by atoms with Crippen LogP contribution in [0.25, 0.3) is 0 Å². The van der Waals surface area contributed by atoms with E-state index in [1.165, 1.54) is 0 Å². The van der Waals surface area contributed by atoms with Crippen molar-refractivity contribution in [1.29, 1.82) is 0 Å². The van der Waals surface area contributed by atoms with Gasteiger partial charge in [0.1, 0.15) is 48.8 Å². The molecule has 2 heterocycles. The zero-order valence-electron chi connectivity index (χ0n) is 39.1. The molecule has 2 aliphatic heterocycles. The van der Waals surface area contributed by atoms with Crippen LogP contribution in [0, 0.1) is 0 Å². The molecule has 0 radical (unpaired) electrons. The van der Waals surface area contributed by atoms with Gasteiger partial charge in [0.15, 0.2) is 12.6 Å². The molecule has 61 heavy (non-hydrogen) atoms. The Balaban J connectivity index is 1.78. The summed E-state index contributed by atoms with van der Waals surface area (Å²) >= 11 is 0. The monoisotopic (exact) mass is 875 g/mol. The Hall–Kier alpha value is -1.78. The smallest absolute Gasteiger partial charge is 0.261 e. The first kappa shape index (κ1) is 51.8. The molecule has 2 aromatic carbocycles. The summed E-state index contributed by atoms with van der Waals surface area (Å²) in [6.45, 7) is 20.4. The van der Waals surface area contributed by atoms with Crippen molar-refractivity contribution in [3.05, 3.63) is 60.7 Å². The normalized spacial score (nSPS) is 27.4. The fourth-order valence-corrected chi connectivity index (χ4v) is 12.9. The lowest BCUT2D eigenvalue weighted by Crippen LogP contribution is -2.69. The average molecular weight is 875 g/mol. The van der Waals surface area contributed by atoms with Crippen LogP contribution >= 0.6 is 0 Å².